The molecule has 0 aliphatic heterocycles. The molecular weight excluding hydrogens is 173 g/mol. The van der Waals surface area contributed by atoms with E-state index in [-0.39, 0.29) is 18.6 Å². The van der Waals surface area contributed by atoms with Crippen LogP contribution in [0.3, 0.4) is 0 Å². The number of methoxy groups -OCH3 is 2. The van der Waals surface area contributed by atoms with Gasteiger partial charge in [0, 0.05) is 0 Å². The quantitative estimate of drug-likeness (QED) is 0.454. The molecule has 0 atom stereocenters. The maximum absolute atomic E-state index is 9.26. The summed E-state index contributed by atoms with van der Waals surface area (Å²) in [6, 6.07) is 0. The van der Waals surface area contributed by atoms with Gasteiger partial charge in [-0.1, -0.05) is 0 Å². The van der Waals surface area contributed by atoms with Crippen molar-refractivity contribution in [2.45, 2.75) is 0 Å². The normalized spacial score (nSPS) is 5.40. The topological polar surface area (TPSA) is 59.3 Å². The molecule has 0 aliphatic rings. The third kappa shape index (κ3) is 52.7. The van der Waals surface area contributed by atoms with Gasteiger partial charge in [0.05, 0.1) is 14.2 Å². The summed E-state index contributed by atoms with van der Waals surface area (Å²) in [7, 11) is 2.66. The van der Waals surface area contributed by atoms with Gasteiger partial charge in [-0.05, 0) is 0 Å². The van der Waals surface area contributed by atoms with Crippen molar-refractivity contribution < 1.29 is 32.8 Å². The molecule has 0 heterocycles. The zero-order valence-corrected chi connectivity index (χ0v) is 7.22. The number of hydrogen-bond acceptors (Lipinski definition) is 3. The van der Waals surface area contributed by atoms with E-state index in [1.165, 1.54) is 7.11 Å². The van der Waals surface area contributed by atoms with Gasteiger partial charge in [0.2, 0.25) is 6.09 Å². The van der Waals surface area contributed by atoms with Crippen molar-refractivity contribution in [1.29, 1.82) is 0 Å². The molecule has 1 amide bonds. The SMILES string of the molecule is COC([NH-])=O.[CH-]=COC.[V+2]. The van der Waals surface area contributed by atoms with Crippen LogP contribution in [0.4, 0.5) is 4.79 Å². The summed E-state index contributed by atoms with van der Waals surface area (Å²) >= 11 is 0. The Labute approximate surface area is 72.3 Å². The van der Waals surface area contributed by atoms with Crippen LogP contribution in [0.2, 0.25) is 0 Å². The zero-order valence-electron chi connectivity index (χ0n) is 5.83. The third-order valence-corrected chi connectivity index (χ3v) is 0.321. The minimum Gasteiger partial charge on any atom is -0.632 e. The number of ether oxygens (including phenoxy) is 2. The van der Waals surface area contributed by atoms with Crippen molar-refractivity contribution in [3.05, 3.63) is 18.6 Å². The van der Waals surface area contributed by atoms with Gasteiger partial charge in [0.15, 0.2) is 0 Å². The number of hydrogen-bond donors (Lipinski definition) is 0. The van der Waals surface area contributed by atoms with E-state index in [2.05, 4.69) is 16.1 Å². The van der Waals surface area contributed by atoms with Crippen LogP contribution in [-0.2, 0) is 28.0 Å². The van der Waals surface area contributed by atoms with Crippen molar-refractivity contribution >= 4 is 6.09 Å². The van der Waals surface area contributed by atoms with Crippen LogP contribution in [-0.4, -0.2) is 20.3 Å². The Kier molecular flexibility index (Phi) is 25.5. The molecule has 1 N–H and O–H groups in total. The summed E-state index contributed by atoms with van der Waals surface area (Å²) in [6.07, 6.45) is 0.130. The summed E-state index contributed by atoms with van der Waals surface area (Å²) in [5.74, 6) is 0. The van der Waals surface area contributed by atoms with Crippen LogP contribution < -0.4 is 0 Å². The Hall–Kier alpha value is -0.606. The number of carbonyl (C=O) groups excluding carboxylic acids is 1. The second-order valence-corrected chi connectivity index (χ2v) is 0.863. The number of amides is 1. The van der Waals surface area contributed by atoms with Gasteiger partial charge in [-0.2, -0.15) is 0 Å². The molecule has 0 fully saturated rings. The molecule has 5 heteroatoms. The second kappa shape index (κ2) is 15.8. The first-order valence-electron chi connectivity index (χ1n) is 2.04. The van der Waals surface area contributed by atoms with Gasteiger partial charge in [-0.15, -0.1) is 6.26 Å². The van der Waals surface area contributed by atoms with E-state index in [4.69, 9.17) is 5.73 Å². The summed E-state index contributed by atoms with van der Waals surface area (Å²) < 4.78 is 7.97. The fourth-order valence-electron chi connectivity index (χ4n) is 0. The monoisotopic (exact) mass is 182 g/mol. The first-order valence-corrected chi connectivity index (χ1v) is 2.04. The van der Waals surface area contributed by atoms with Crippen molar-refractivity contribution in [2.75, 3.05) is 14.2 Å². The summed E-state index contributed by atoms with van der Waals surface area (Å²) in [5.41, 5.74) is 5.97. The molecular formula is C5H9NO3V. The van der Waals surface area contributed by atoms with Crippen LogP contribution in [0.5, 0.6) is 0 Å². The average molecular weight is 182 g/mol. The minimum atomic E-state index is -0.995. The van der Waals surface area contributed by atoms with Crippen molar-refractivity contribution in [3.63, 3.8) is 0 Å². The van der Waals surface area contributed by atoms with E-state index in [1.807, 2.05) is 0 Å². The van der Waals surface area contributed by atoms with Crippen LogP contribution >= 0.6 is 0 Å². The van der Waals surface area contributed by atoms with Crippen LogP contribution in [0.1, 0.15) is 0 Å². The van der Waals surface area contributed by atoms with Gasteiger partial charge in [0.1, 0.15) is 0 Å². The molecule has 0 aromatic rings. The van der Waals surface area contributed by atoms with Gasteiger partial charge >= 0.3 is 18.6 Å². The predicted molar refractivity (Wildman–Crippen MR) is 32.6 cm³/mol. The molecule has 0 saturated carbocycles. The van der Waals surface area contributed by atoms with Crippen LogP contribution in [0.25, 0.3) is 5.73 Å². The molecule has 10 heavy (non-hydrogen) atoms. The Morgan fingerprint density at radius 1 is 1.60 bits per heavy atom. The maximum Gasteiger partial charge on any atom is 2.00 e. The van der Waals surface area contributed by atoms with E-state index >= 15 is 0 Å². The molecule has 0 unspecified atom stereocenters. The predicted octanol–water partition coefficient (Wildman–Crippen LogP) is 1.38. The van der Waals surface area contributed by atoms with Gasteiger partial charge in [-0.25, -0.2) is 0 Å². The number of rotatable bonds is 1. The Morgan fingerprint density at radius 2 is 1.80 bits per heavy atom. The van der Waals surface area contributed by atoms with E-state index in [1.54, 1.807) is 0 Å². The van der Waals surface area contributed by atoms with Gasteiger partial charge < -0.3 is 21.8 Å². The smallest absolute Gasteiger partial charge is 0.632 e. The third-order valence-electron chi connectivity index (χ3n) is 0.321. The molecule has 0 aromatic carbocycles. The first-order chi connectivity index (χ1) is 4.18. The van der Waals surface area contributed by atoms with Crippen LogP contribution in [0, 0.1) is 6.58 Å². The largest absolute Gasteiger partial charge is 2.00 e. The Morgan fingerprint density at radius 3 is 1.80 bits per heavy atom. The maximum atomic E-state index is 9.26. The Balaban J connectivity index is -0.0000000910. The summed E-state index contributed by atoms with van der Waals surface area (Å²) in [4.78, 5) is 9.26. The van der Waals surface area contributed by atoms with E-state index in [9.17, 15) is 4.79 Å². The molecule has 0 rings (SSSR count). The molecule has 4 nitrogen and oxygen atoms in total. The molecule has 57 valence electrons. The summed E-state index contributed by atoms with van der Waals surface area (Å²) in [5, 5.41) is 0. The fraction of sp³-hybridized carbons (Fsp3) is 0.400. The first kappa shape index (κ1) is 16.2. The van der Waals surface area contributed by atoms with Crippen molar-refractivity contribution in [2.24, 2.45) is 0 Å². The van der Waals surface area contributed by atoms with Crippen molar-refractivity contribution in [3.8, 4) is 0 Å². The molecule has 0 spiro atoms. The second-order valence-electron chi connectivity index (χ2n) is 0.863. The zero-order chi connectivity index (χ0) is 7.70. The van der Waals surface area contributed by atoms with E-state index < -0.39 is 6.09 Å². The van der Waals surface area contributed by atoms with Gasteiger partial charge in [0.25, 0.3) is 0 Å². The van der Waals surface area contributed by atoms with E-state index in [0.717, 1.165) is 13.4 Å². The molecule has 0 aliphatic carbocycles. The summed E-state index contributed by atoms with van der Waals surface area (Å²) in [6.45, 7) is 4.68. The molecule has 0 bridgehead atoms. The fourth-order valence-corrected chi connectivity index (χ4v) is 0. The van der Waals surface area contributed by atoms with Gasteiger partial charge in [-0.3, -0.25) is 4.79 Å². The minimum absolute atomic E-state index is 0. The number of carbonyl (C=O) groups is 1. The Bertz CT molecular complexity index is 87.0. The standard InChI is InChI=1S/C3H5O.C2H5NO2.V/c1-3-4-2;1-5-2(3)4;/h1,3H,2H3;1H3,(H2,3,4);/q-1;;+2/p-1. The molecule has 0 aromatic heterocycles. The van der Waals surface area contributed by atoms with Crippen molar-refractivity contribution in [1.82, 2.24) is 0 Å². The van der Waals surface area contributed by atoms with E-state index in [0.29, 0.717) is 0 Å². The number of nitrogens with one attached hydrogen (secondary N) is 1. The van der Waals surface area contributed by atoms with Crippen LogP contribution in [0.15, 0.2) is 6.26 Å². The molecule has 0 saturated heterocycles. The average Bonchev–Trinajstić information content (AvgIpc) is 1.89. The molecule has 1 radical (unpaired) electrons.